The van der Waals surface area contributed by atoms with Crippen LogP contribution >= 0.6 is 0 Å². The fourth-order valence-electron chi connectivity index (χ4n) is 1.48. The summed E-state index contributed by atoms with van der Waals surface area (Å²) in [4.78, 5) is 11.3. The summed E-state index contributed by atoms with van der Waals surface area (Å²) in [6.07, 6.45) is 0. The molecule has 1 rings (SSSR count). The topological polar surface area (TPSA) is 38.3 Å². The van der Waals surface area contributed by atoms with Gasteiger partial charge in [-0.2, -0.15) is 0 Å². The van der Waals surface area contributed by atoms with Gasteiger partial charge in [0.05, 0.1) is 6.61 Å². The molecular weight excluding hydrogens is 233 g/mol. The van der Waals surface area contributed by atoms with Crippen molar-refractivity contribution in [3.8, 4) is 0 Å². The summed E-state index contributed by atoms with van der Waals surface area (Å²) in [5.74, 6) is -0.679. The van der Waals surface area contributed by atoms with E-state index in [0.717, 1.165) is 5.56 Å². The van der Waals surface area contributed by atoms with Crippen molar-refractivity contribution in [1.29, 1.82) is 0 Å². The first kappa shape index (κ1) is 14.4. The Labute approximate surface area is 107 Å². The van der Waals surface area contributed by atoms with Gasteiger partial charge in [-0.1, -0.05) is 18.7 Å². The summed E-state index contributed by atoms with van der Waals surface area (Å²) < 4.78 is 17.9. The van der Waals surface area contributed by atoms with Crippen LogP contribution in [0.25, 0.3) is 0 Å². The van der Waals surface area contributed by atoms with Gasteiger partial charge < -0.3 is 10.1 Å². The first-order valence-corrected chi connectivity index (χ1v) is 5.88. The lowest BCUT2D eigenvalue weighted by Crippen LogP contribution is -2.24. The minimum absolute atomic E-state index is 0.0631. The Morgan fingerprint density at radius 2 is 2.28 bits per heavy atom. The number of esters is 1. The van der Waals surface area contributed by atoms with Gasteiger partial charge in [-0.3, -0.25) is 0 Å². The summed E-state index contributed by atoms with van der Waals surface area (Å²) in [5.41, 5.74) is 1.19. The highest BCUT2D eigenvalue weighted by Crippen LogP contribution is 2.13. The van der Waals surface area contributed by atoms with E-state index in [-0.39, 0.29) is 11.9 Å². The lowest BCUT2D eigenvalue weighted by molar-refractivity contribution is -0.138. The van der Waals surface area contributed by atoms with E-state index in [1.807, 2.05) is 13.0 Å². The predicted octanol–water partition coefficient (Wildman–Crippen LogP) is 2.60. The minimum Gasteiger partial charge on any atom is -0.463 e. The molecule has 0 heterocycles. The van der Waals surface area contributed by atoms with Crippen LogP contribution < -0.4 is 5.32 Å². The number of rotatable bonds is 6. The zero-order valence-electron chi connectivity index (χ0n) is 10.7. The molecule has 1 aromatic carbocycles. The van der Waals surface area contributed by atoms with Crippen molar-refractivity contribution >= 4 is 5.97 Å². The molecule has 0 amide bonds. The van der Waals surface area contributed by atoms with Crippen LogP contribution in [0.1, 0.15) is 25.5 Å². The maximum Gasteiger partial charge on any atom is 0.334 e. The van der Waals surface area contributed by atoms with Gasteiger partial charge >= 0.3 is 5.97 Å². The summed E-state index contributed by atoms with van der Waals surface area (Å²) in [6, 6.07) is 6.28. The molecule has 3 nitrogen and oxygen atoms in total. The monoisotopic (exact) mass is 251 g/mol. The van der Waals surface area contributed by atoms with Crippen molar-refractivity contribution in [2.75, 3.05) is 13.2 Å². The molecule has 0 bridgehead atoms. The number of benzene rings is 1. The number of ether oxygens (including phenoxy) is 1. The van der Waals surface area contributed by atoms with Crippen molar-refractivity contribution in [3.63, 3.8) is 0 Å². The van der Waals surface area contributed by atoms with Gasteiger partial charge in [-0.15, -0.1) is 0 Å². The average molecular weight is 251 g/mol. The number of hydrogen-bond donors (Lipinski definition) is 1. The fraction of sp³-hybridized carbons (Fsp3) is 0.357. The normalized spacial score (nSPS) is 11.9. The van der Waals surface area contributed by atoms with Gasteiger partial charge in [0.25, 0.3) is 0 Å². The van der Waals surface area contributed by atoms with Crippen molar-refractivity contribution in [3.05, 3.63) is 47.8 Å². The highest BCUT2D eigenvalue weighted by atomic mass is 19.1. The molecule has 0 spiro atoms. The molecule has 0 aliphatic carbocycles. The van der Waals surface area contributed by atoms with Gasteiger partial charge in [0.2, 0.25) is 0 Å². The summed E-state index contributed by atoms with van der Waals surface area (Å²) >= 11 is 0. The van der Waals surface area contributed by atoms with E-state index < -0.39 is 5.97 Å². The van der Waals surface area contributed by atoms with Crippen LogP contribution in [0.4, 0.5) is 4.39 Å². The molecule has 0 saturated heterocycles. The fourth-order valence-corrected chi connectivity index (χ4v) is 1.48. The van der Waals surface area contributed by atoms with E-state index in [2.05, 4.69) is 11.9 Å². The lowest BCUT2D eigenvalue weighted by Gasteiger charge is -2.15. The predicted molar refractivity (Wildman–Crippen MR) is 68.6 cm³/mol. The van der Waals surface area contributed by atoms with Gasteiger partial charge in [-0.05, 0) is 31.5 Å². The summed E-state index contributed by atoms with van der Waals surface area (Å²) in [7, 11) is 0. The highest BCUT2D eigenvalue weighted by Gasteiger charge is 2.10. The second-order valence-corrected chi connectivity index (χ2v) is 3.98. The van der Waals surface area contributed by atoms with Crippen LogP contribution in [0.2, 0.25) is 0 Å². The smallest absolute Gasteiger partial charge is 0.334 e. The molecule has 0 unspecified atom stereocenters. The molecule has 98 valence electrons. The number of halogens is 1. The Morgan fingerprint density at radius 1 is 1.56 bits per heavy atom. The average Bonchev–Trinajstić information content (AvgIpc) is 2.35. The molecule has 1 aromatic rings. The zero-order chi connectivity index (χ0) is 13.5. The Balaban J connectivity index is 2.48. The van der Waals surface area contributed by atoms with Crippen LogP contribution in [0.3, 0.4) is 0 Å². The molecule has 1 atom stereocenters. The second kappa shape index (κ2) is 6.91. The van der Waals surface area contributed by atoms with Gasteiger partial charge in [0, 0.05) is 18.2 Å². The van der Waals surface area contributed by atoms with Crippen LogP contribution in [0, 0.1) is 5.82 Å². The largest absolute Gasteiger partial charge is 0.463 e. The molecule has 0 saturated carbocycles. The summed E-state index contributed by atoms with van der Waals surface area (Å²) in [6.45, 7) is 7.93. The highest BCUT2D eigenvalue weighted by molar-refractivity contribution is 5.88. The maximum atomic E-state index is 13.0. The third-order valence-corrected chi connectivity index (χ3v) is 2.53. The first-order chi connectivity index (χ1) is 8.54. The van der Waals surface area contributed by atoms with E-state index in [1.54, 1.807) is 13.0 Å². The Kier molecular flexibility index (Phi) is 5.52. The zero-order valence-corrected chi connectivity index (χ0v) is 10.7. The van der Waals surface area contributed by atoms with E-state index in [9.17, 15) is 9.18 Å². The van der Waals surface area contributed by atoms with E-state index >= 15 is 0 Å². The van der Waals surface area contributed by atoms with Crippen LogP contribution in [-0.4, -0.2) is 19.1 Å². The standard InChI is InChI=1S/C14H18FNO2/c1-4-18-14(17)10(2)9-16-11(3)12-6-5-7-13(15)8-12/h5-8,11,16H,2,4,9H2,1,3H3/t11-/m1/s1. The number of hydrogen-bond acceptors (Lipinski definition) is 3. The number of nitrogens with one attached hydrogen (secondary N) is 1. The molecule has 18 heavy (non-hydrogen) atoms. The van der Waals surface area contributed by atoms with Crippen molar-refractivity contribution < 1.29 is 13.9 Å². The van der Waals surface area contributed by atoms with E-state index in [0.29, 0.717) is 18.7 Å². The molecular formula is C14H18FNO2. The maximum absolute atomic E-state index is 13.0. The third kappa shape index (κ3) is 4.30. The molecule has 4 heteroatoms. The van der Waals surface area contributed by atoms with Crippen LogP contribution in [0.15, 0.2) is 36.4 Å². The lowest BCUT2D eigenvalue weighted by atomic mass is 10.1. The van der Waals surface area contributed by atoms with Gasteiger partial charge in [-0.25, -0.2) is 9.18 Å². The minimum atomic E-state index is -0.406. The molecule has 0 aliphatic rings. The van der Waals surface area contributed by atoms with Crippen molar-refractivity contribution in [2.45, 2.75) is 19.9 Å². The Hall–Kier alpha value is -1.68. The molecule has 1 N–H and O–H groups in total. The Bertz CT molecular complexity index is 432. The van der Waals surface area contributed by atoms with Crippen molar-refractivity contribution in [2.24, 2.45) is 0 Å². The number of carbonyl (C=O) groups is 1. The summed E-state index contributed by atoms with van der Waals surface area (Å²) in [5, 5.41) is 3.10. The van der Waals surface area contributed by atoms with Gasteiger partial charge in [0.1, 0.15) is 5.82 Å². The van der Waals surface area contributed by atoms with E-state index in [4.69, 9.17) is 4.74 Å². The van der Waals surface area contributed by atoms with E-state index in [1.165, 1.54) is 12.1 Å². The molecule has 0 radical (unpaired) electrons. The quantitative estimate of drug-likeness (QED) is 0.624. The third-order valence-electron chi connectivity index (χ3n) is 2.53. The molecule has 0 aliphatic heterocycles. The molecule has 0 fully saturated rings. The molecule has 0 aromatic heterocycles. The van der Waals surface area contributed by atoms with Crippen LogP contribution in [0.5, 0.6) is 0 Å². The second-order valence-electron chi connectivity index (χ2n) is 3.98. The van der Waals surface area contributed by atoms with Crippen LogP contribution in [-0.2, 0) is 9.53 Å². The first-order valence-electron chi connectivity index (χ1n) is 5.88. The van der Waals surface area contributed by atoms with Gasteiger partial charge in [0.15, 0.2) is 0 Å². The Morgan fingerprint density at radius 3 is 2.89 bits per heavy atom. The number of carbonyl (C=O) groups excluding carboxylic acids is 1. The van der Waals surface area contributed by atoms with Crippen molar-refractivity contribution in [1.82, 2.24) is 5.32 Å². The SMILES string of the molecule is C=C(CN[C@H](C)c1cccc(F)c1)C(=O)OCC.